The highest BCUT2D eigenvalue weighted by molar-refractivity contribution is 7.10. The summed E-state index contributed by atoms with van der Waals surface area (Å²) in [5.41, 5.74) is 7.26. The average molecular weight is 287 g/mol. The van der Waals surface area contributed by atoms with E-state index in [2.05, 4.69) is 0 Å². The minimum atomic E-state index is -0.283. The molecule has 0 aliphatic rings. The average Bonchev–Trinajstić information content (AvgIpc) is 2.96. The second-order valence-corrected chi connectivity index (χ2v) is 5.49. The van der Waals surface area contributed by atoms with Crippen molar-refractivity contribution < 1.29 is 9.13 Å². The second-order valence-electron chi connectivity index (χ2n) is 4.55. The van der Waals surface area contributed by atoms with E-state index >= 15 is 0 Å². The Morgan fingerprint density at radius 2 is 1.90 bits per heavy atom. The standard InChI is InChI=1S/C16H14FNOS/c1-19-10-8-15(20-9-10)16(18)13-6-7-14(17)12-5-3-2-4-11(12)13/h2-9,16H,18H2,1H3. The Hall–Kier alpha value is -1.91. The van der Waals surface area contributed by atoms with E-state index in [-0.39, 0.29) is 11.9 Å². The fourth-order valence-corrected chi connectivity index (χ4v) is 3.19. The third-order valence-corrected chi connectivity index (χ3v) is 4.37. The van der Waals surface area contributed by atoms with Crippen molar-refractivity contribution in [1.29, 1.82) is 0 Å². The van der Waals surface area contributed by atoms with Crippen molar-refractivity contribution >= 4 is 22.1 Å². The van der Waals surface area contributed by atoms with Gasteiger partial charge in [0.05, 0.1) is 13.2 Å². The minimum Gasteiger partial charge on any atom is -0.496 e. The van der Waals surface area contributed by atoms with Gasteiger partial charge in [0.25, 0.3) is 0 Å². The number of nitrogens with two attached hydrogens (primary N) is 1. The van der Waals surface area contributed by atoms with Crippen LogP contribution in [-0.4, -0.2) is 7.11 Å². The van der Waals surface area contributed by atoms with Gasteiger partial charge >= 0.3 is 0 Å². The van der Waals surface area contributed by atoms with E-state index < -0.39 is 0 Å². The molecule has 0 aliphatic heterocycles. The van der Waals surface area contributed by atoms with Crippen LogP contribution in [-0.2, 0) is 0 Å². The fraction of sp³-hybridized carbons (Fsp3) is 0.125. The minimum absolute atomic E-state index is 0.222. The third kappa shape index (κ3) is 2.17. The van der Waals surface area contributed by atoms with Crippen LogP contribution in [0.2, 0.25) is 0 Å². The zero-order valence-corrected chi connectivity index (χ0v) is 11.8. The van der Waals surface area contributed by atoms with Crippen molar-refractivity contribution in [3.05, 3.63) is 64.1 Å². The first-order valence-corrected chi connectivity index (χ1v) is 7.14. The molecular weight excluding hydrogens is 273 g/mol. The lowest BCUT2D eigenvalue weighted by Gasteiger charge is -2.13. The predicted octanol–water partition coefficient (Wildman–Crippen LogP) is 4.10. The monoisotopic (exact) mass is 287 g/mol. The van der Waals surface area contributed by atoms with Crippen molar-refractivity contribution in [3.63, 3.8) is 0 Å². The van der Waals surface area contributed by atoms with E-state index in [0.29, 0.717) is 5.39 Å². The molecule has 1 aromatic heterocycles. The largest absolute Gasteiger partial charge is 0.496 e. The Bertz CT molecular complexity index is 753. The van der Waals surface area contributed by atoms with Crippen LogP contribution in [0.1, 0.15) is 16.5 Å². The Morgan fingerprint density at radius 1 is 1.15 bits per heavy atom. The smallest absolute Gasteiger partial charge is 0.131 e. The highest BCUT2D eigenvalue weighted by atomic mass is 32.1. The zero-order chi connectivity index (χ0) is 14.1. The zero-order valence-electron chi connectivity index (χ0n) is 11.0. The lowest BCUT2D eigenvalue weighted by atomic mass is 9.98. The van der Waals surface area contributed by atoms with Gasteiger partial charge in [0.15, 0.2) is 0 Å². The van der Waals surface area contributed by atoms with Crippen molar-refractivity contribution in [2.24, 2.45) is 5.73 Å². The summed E-state index contributed by atoms with van der Waals surface area (Å²) in [5, 5.41) is 3.37. The number of methoxy groups -OCH3 is 1. The molecule has 1 unspecified atom stereocenters. The molecule has 0 saturated heterocycles. The maximum atomic E-state index is 13.8. The van der Waals surface area contributed by atoms with Gasteiger partial charge in [-0.05, 0) is 23.1 Å². The topological polar surface area (TPSA) is 35.2 Å². The number of fused-ring (bicyclic) bond motifs is 1. The molecule has 2 nitrogen and oxygen atoms in total. The van der Waals surface area contributed by atoms with E-state index in [1.807, 2.05) is 29.6 Å². The molecule has 1 atom stereocenters. The number of hydrogen-bond donors (Lipinski definition) is 1. The number of thiophene rings is 1. The van der Waals surface area contributed by atoms with Crippen LogP contribution in [0, 0.1) is 5.82 Å². The van der Waals surface area contributed by atoms with Crippen LogP contribution in [0.5, 0.6) is 5.75 Å². The maximum absolute atomic E-state index is 13.8. The maximum Gasteiger partial charge on any atom is 0.131 e. The number of halogens is 1. The van der Waals surface area contributed by atoms with Crippen molar-refractivity contribution in [1.82, 2.24) is 0 Å². The van der Waals surface area contributed by atoms with E-state index in [4.69, 9.17) is 10.5 Å². The number of ether oxygens (including phenoxy) is 1. The molecule has 0 bridgehead atoms. The summed E-state index contributed by atoms with van der Waals surface area (Å²) in [4.78, 5) is 0.999. The van der Waals surface area contributed by atoms with Gasteiger partial charge < -0.3 is 10.5 Å². The van der Waals surface area contributed by atoms with Crippen molar-refractivity contribution in [3.8, 4) is 5.75 Å². The molecule has 20 heavy (non-hydrogen) atoms. The third-order valence-electron chi connectivity index (χ3n) is 3.38. The van der Waals surface area contributed by atoms with Crippen LogP contribution in [0.4, 0.5) is 4.39 Å². The molecular formula is C16H14FNOS. The Balaban J connectivity index is 2.12. The van der Waals surface area contributed by atoms with E-state index in [0.717, 1.165) is 21.6 Å². The molecule has 0 saturated carbocycles. The molecule has 0 spiro atoms. The highest BCUT2D eigenvalue weighted by Crippen LogP contribution is 2.33. The quantitative estimate of drug-likeness (QED) is 0.787. The summed E-state index contributed by atoms with van der Waals surface area (Å²) >= 11 is 1.55. The van der Waals surface area contributed by atoms with E-state index in [9.17, 15) is 4.39 Å². The lowest BCUT2D eigenvalue weighted by molar-refractivity contribution is 0.416. The molecule has 3 rings (SSSR count). The summed E-state index contributed by atoms with van der Waals surface area (Å²) < 4.78 is 19.0. The molecule has 0 radical (unpaired) electrons. The van der Waals surface area contributed by atoms with E-state index in [1.54, 1.807) is 30.6 Å². The molecule has 0 amide bonds. The first-order chi connectivity index (χ1) is 9.70. The summed E-state index contributed by atoms with van der Waals surface area (Å²) in [5.74, 6) is 0.576. The summed E-state index contributed by atoms with van der Waals surface area (Å²) in [6.45, 7) is 0. The van der Waals surface area contributed by atoms with Crippen molar-refractivity contribution in [2.75, 3.05) is 7.11 Å². The van der Waals surface area contributed by atoms with Crippen molar-refractivity contribution in [2.45, 2.75) is 6.04 Å². The van der Waals surface area contributed by atoms with Gasteiger partial charge in [-0.25, -0.2) is 4.39 Å². The highest BCUT2D eigenvalue weighted by Gasteiger charge is 2.16. The molecule has 102 valence electrons. The molecule has 2 aromatic carbocycles. The van der Waals surface area contributed by atoms with Gasteiger partial charge in [-0.3, -0.25) is 0 Å². The Morgan fingerprint density at radius 3 is 2.60 bits per heavy atom. The molecule has 4 heteroatoms. The van der Waals surface area contributed by atoms with Crippen LogP contribution in [0.25, 0.3) is 10.8 Å². The van der Waals surface area contributed by atoms with Crippen LogP contribution in [0.3, 0.4) is 0 Å². The molecule has 2 N–H and O–H groups in total. The first-order valence-electron chi connectivity index (χ1n) is 6.26. The number of hydrogen-bond acceptors (Lipinski definition) is 3. The summed E-state index contributed by atoms with van der Waals surface area (Å²) in [6.07, 6.45) is 0. The van der Waals surface area contributed by atoms with Crippen LogP contribution < -0.4 is 10.5 Å². The molecule has 3 aromatic rings. The number of rotatable bonds is 3. The van der Waals surface area contributed by atoms with Crippen LogP contribution >= 0.6 is 11.3 Å². The van der Waals surface area contributed by atoms with E-state index in [1.165, 1.54) is 6.07 Å². The summed E-state index contributed by atoms with van der Waals surface area (Å²) in [7, 11) is 1.63. The lowest BCUT2D eigenvalue weighted by Crippen LogP contribution is -2.11. The molecule has 0 fully saturated rings. The van der Waals surface area contributed by atoms with Gasteiger partial charge in [0, 0.05) is 15.6 Å². The fourth-order valence-electron chi connectivity index (χ4n) is 2.31. The number of benzene rings is 2. The Kier molecular flexibility index (Phi) is 3.42. The molecule has 1 heterocycles. The van der Waals surface area contributed by atoms with Crippen LogP contribution in [0.15, 0.2) is 47.8 Å². The summed E-state index contributed by atoms with van der Waals surface area (Å²) in [6, 6.07) is 12.3. The van der Waals surface area contributed by atoms with Gasteiger partial charge in [-0.15, -0.1) is 11.3 Å². The normalized spacial score (nSPS) is 12.6. The first kappa shape index (κ1) is 13.1. The van der Waals surface area contributed by atoms with Gasteiger partial charge in [0.2, 0.25) is 0 Å². The van der Waals surface area contributed by atoms with Gasteiger partial charge in [0.1, 0.15) is 11.6 Å². The second kappa shape index (κ2) is 5.23. The molecule has 0 aliphatic carbocycles. The SMILES string of the molecule is COc1csc(C(N)c2ccc(F)c3ccccc23)c1. The Labute approximate surface area is 120 Å². The van der Waals surface area contributed by atoms with Gasteiger partial charge in [-0.2, -0.15) is 0 Å². The van der Waals surface area contributed by atoms with Gasteiger partial charge in [-0.1, -0.05) is 30.3 Å². The predicted molar refractivity (Wildman–Crippen MR) is 80.8 cm³/mol.